The number of carbonyl (C=O) groups excluding carboxylic acids is 3. The predicted octanol–water partition coefficient (Wildman–Crippen LogP) is 1.97. The maximum atomic E-state index is 12.7. The lowest BCUT2D eigenvalue weighted by Gasteiger charge is -2.46. The van der Waals surface area contributed by atoms with Crippen molar-refractivity contribution in [3.8, 4) is 0 Å². The second-order valence-electron chi connectivity index (χ2n) is 9.77. The lowest BCUT2D eigenvalue weighted by Crippen LogP contribution is -2.59. The number of allylic oxidation sites excluding steroid dienone is 11. The number of fused-ring (bicyclic) bond motifs is 3. The molecule has 0 spiro atoms. The Morgan fingerprint density at radius 3 is 2.34 bits per heavy atom. The number of Topliss-reactive ketones (excluding diaryl/α,β-unsaturated/α-hetero) is 1. The van der Waals surface area contributed by atoms with E-state index in [1.165, 1.54) is 6.08 Å². The van der Waals surface area contributed by atoms with Crippen LogP contribution in [0.4, 0.5) is 0 Å². The van der Waals surface area contributed by atoms with E-state index >= 15 is 0 Å². The Kier molecular flexibility index (Phi) is 8.94. The summed E-state index contributed by atoms with van der Waals surface area (Å²) in [5.74, 6) is -2.99. The zero-order valence-corrected chi connectivity index (χ0v) is 20.4. The van der Waals surface area contributed by atoms with Gasteiger partial charge in [0, 0.05) is 24.3 Å². The lowest BCUT2D eigenvalue weighted by atomic mass is 9.60. The van der Waals surface area contributed by atoms with E-state index in [1.807, 2.05) is 56.4 Å². The van der Waals surface area contributed by atoms with Crippen LogP contribution in [0.25, 0.3) is 0 Å². The number of nitrogens with one attached hydrogen (secondary N) is 1. The highest BCUT2D eigenvalue weighted by atomic mass is 16.4. The Balaban J connectivity index is 2.03. The van der Waals surface area contributed by atoms with E-state index in [-0.39, 0.29) is 35.9 Å². The fourth-order valence-electron chi connectivity index (χ4n) is 4.99. The third-order valence-corrected chi connectivity index (χ3v) is 6.98. The van der Waals surface area contributed by atoms with Gasteiger partial charge < -0.3 is 20.6 Å². The van der Waals surface area contributed by atoms with Crippen molar-refractivity contribution in [1.82, 2.24) is 5.32 Å². The number of hydrogen-bond donors (Lipinski definition) is 4. The molecule has 1 amide bonds. The van der Waals surface area contributed by atoms with Gasteiger partial charge in [0.05, 0.1) is 12.5 Å². The number of ketones is 2. The molecule has 0 saturated heterocycles. The third-order valence-electron chi connectivity index (χ3n) is 6.98. The predicted molar refractivity (Wildman–Crippen MR) is 133 cm³/mol. The zero-order chi connectivity index (χ0) is 25.7. The SMILES string of the molecule is CC1=C\[C@@H]2[C@@H]3[C@@H](O)[C@H](O)[C@H](O)C(=O)[C@@H]3C=C[C@@H]2/C(C)=C/C=C/C=C/[C@H](C)CNC(=O)CC(=O)\C=C\1. The van der Waals surface area contributed by atoms with Crippen molar-refractivity contribution < 1.29 is 29.7 Å². The normalized spacial score (nSPS) is 42.6. The highest BCUT2D eigenvalue weighted by Crippen LogP contribution is 2.45. The van der Waals surface area contributed by atoms with Crippen molar-refractivity contribution in [3.05, 3.63) is 71.9 Å². The monoisotopic (exact) mass is 481 g/mol. The first-order chi connectivity index (χ1) is 16.6. The summed E-state index contributed by atoms with van der Waals surface area (Å²) in [5, 5.41) is 34.1. The van der Waals surface area contributed by atoms with E-state index in [1.54, 1.807) is 19.1 Å². The van der Waals surface area contributed by atoms with Crippen LogP contribution in [-0.4, -0.2) is 57.6 Å². The summed E-state index contributed by atoms with van der Waals surface area (Å²) < 4.78 is 0. The summed E-state index contributed by atoms with van der Waals surface area (Å²) in [5.41, 5.74) is 1.73. The number of aliphatic hydroxyl groups is 3. The second kappa shape index (κ2) is 11.7. The molecule has 2 aliphatic carbocycles. The minimum Gasteiger partial charge on any atom is -0.390 e. The Labute approximate surface area is 206 Å². The van der Waals surface area contributed by atoms with E-state index in [4.69, 9.17) is 0 Å². The van der Waals surface area contributed by atoms with Crippen molar-refractivity contribution in [2.24, 2.45) is 29.6 Å². The minimum absolute atomic E-state index is 0.0954. The molecule has 3 aliphatic rings. The van der Waals surface area contributed by atoms with E-state index in [0.29, 0.717) is 6.54 Å². The van der Waals surface area contributed by atoms with Gasteiger partial charge in [-0.1, -0.05) is 72.8 Å². The van der Waals surface area contributed by atoms with Crippen molar-refractivity contribution in [2.75, 3.05) is 6.54 Å². The van der Waals surface area contributed by atoms with Crippen molar-refractivity contribution in [3.63, 3.8) is 0 Å². The van der Waals surface area contributed by atoms with Crippen LogP contribution in [0, 0.1) is 29.6 Å². The Morgan fingerprint density at radius 1 is 0.886 bits per heavy atom. The summed E-state index contributed by atoms with van der Waals surface area (Å²) in [6.07, 6.45) is 13.4. The third kappa shape index (κ3) is 6.42. The molecule has 8 atom stereocenters. The fraction of sp³-hybridized carbons (Fsp3) is 0.464. The molecule has 0 aromatic carbocycles. The molecule has 188 valence electrons. The van der Waals surface area contributed by atoms with E-state index in [9.17, 15) is 29.7 Å². The van der Waals surface area contributed by atoms with Gasteiger partial charge in [0.2, 0.25) is 5.91 Å². The summed E-state index contributed by atoms with van der Waals surface area (Å²) in [6.45, 7) is 6.18. The number of rotatable bonds is 0. The first-order valence-corrected chi connectivity index (χ1v) is 12.0. The Bertz CT molecular complexity index is 1020. The highest BCUT2D eigenvalue weighted by molar-refractivity contribution is 6.03. The molecule has 1 aliphatic heterocycles. The molecule has 7 heteroatoms. The van der Waals surface area contributed by atoms with E-state index in [2.05, 4.69) is 5.32 Å². The van der Waals surface area contributed by atoms with Crippen molar-refractivity contribution in [2.45, 2.75) is 45.5 Å². The average Bonchev–Trinajstić information content (AvgIpc) is 2.82. The lowest BCUT2D eigenvalue weighted by molar-refractivity contribution is -0.165. The molecule has 0 aromatic rings. The van der Waals surface area contributed by atoms with Crippen molar-refractivity contribution >= 4 is 17.5 Å². The fourth-order valence-corrected chi connectivity index (χ4v) is 4.99. The van der Waals surface area contributed by atoms with Crippen LogP contribution in [0.5, 0.6) is 0 Å². The summed E-state index contributed by atoms with van der Waals surface area (Å²) in [6, 6.07) is 0. The Hall–Kier alpha value is -2.87. The second-order valence-corrected chi connectivity index (χ2v) is 9.77. The number of carbonyl (C=O) groups is 3. The molecular weight excluding hydrogens is 446 g/mol. The number of amides is 1. The van der Waals surface area contributed by atoms with Gasteiger partial charge in [-0.15, -0.1) is 0 Å². The van der Waals surface area contributed by atoms with Crippen LogP contribution >= 0.6 is 0 Å². The van der Waals surface area contributed by atoms with Gasteiger partial charge in [-0.25, -0.2) is 0 Å². The minimum atomic E-state index is -1.63. The standard InChI is InChI=1S/C28H35NO6/c1-16-9-10-19(30)14-23(31)29-15-17(2)7-5-4-6-8-18(3)20-11-12-21-24(22(20)13-16)26(33)28(35)27(34)25(21)32/h4-13,17,20-22,24,26-28,33-35H,14-15H2,1-3H3,(H,29,31)/b6-4+,7-5+,10-9+,16-13+,18-8+/t17-,20+,21+,22-,24+,26+,27+,28-/m0/s1. The maximum Gasteiger partial charge on any atom is 0.227 e. The molecule has 0 bridgehead atoms. The highest BCUT2D eigenvalue weighted by Gasteiger charge is 2.52. The molecule has 0 aromatic heterocycles. The molecule has 0 radical (unpaired) electrons. The first kappa shape index (κ1) is 26.7. The largest absolute Gasteiger partial charge is 0.390 e. The van der Waals surface area contributed by atoms with Crippen LogP contribution in [0.1, 0.15) is 27.2 Å². The van der Waals surface area contributed by atoms with Gasteiger partial charge in [-0.2, -0.15) is 0 Å². The van der Waals surface area contributed by atoms with Crippen LogP contribution in [0.15, 0.2) is 71.9 Å². The van der Waals surface area contributed by atoms with Crippen LogP contribution in [0.3, 0.4) is 0 Å². The van der Waals surface area contributed by atoms with Crippen molar-refractivity contribution in [1.29, 1.82) is 0 Å². The van der Waals surface area contributed by atoms with Crippen LogP contribution in [-0.2, 0) is 14.4 Å². The maximum absolute atomic E-state index is 12.7. The van der Waals surface area contributed by atoms with Gasteiger partial charge in [0.1, 0.15) is 12.2 Å². The van der Waals surface area contributed by atoms with Gasteiger partial charge in [-0.3, -0.25) is 14.4 Å². The molecule has 1 saturated carbocycles. The molecule has 0 unspecified atom stereocenters. The smallest absolute Gasteiger partial charge is 0.227 e. The van der Waals surface area contributed by atoms with E-state index in [0.717, 1.165) is 11.1 Å². The van der Waals surface area contributed by atoms with Crippen LogP contribution < -0.4 is 5.32 Å². The summed E-state index contributed by atoms with van der Waals surface area (Å²) >= 11 is 0. The Morgan fingerprint density at radius 2 is 1.60 bits per heavy atom. The first-order valence-electron chi connectivity index (χ1n) is 12.0. The molecule has 3 rings (SSSR count). The van der Waals surface area contributed by atoms with Gasteiger partial charge >= 0.3 is 0 Å². The number of aliphatic hydroxyl groups excluding tert-OH is 3. The quantitative estimate of drug-likeness (QED) is 0.310. The van der Waals surface area contributed by atoms with Gasteiger partial charge in [0.15, 0.2) is 11.6 Å². The van der Waals surface area contributed by atoms with Gasteiger partial charge in [-0.05, 0) is 31.8 Å². The summed E-state index contributed by atoms with van der Waals surface area (Å²) in [7, 11) is 0. The molecular formula is C28H35NO6. The zero-order valence-electron chi connectivity index (χ0n) is 20.4. The van der Waals surface area contributed by atoms with Crippen LogP contribution in [0.2, 0.25) is 0 Å². The average molecular weight is 482 g/mol. The van der Waals surface area contributed by atoms with E-state index < -0.39 is 35.9 Å². The molecule has 4 N–H and O–H groups in total. The summed E-state index contributed by atoms with van der Waals surface area (Å²) in [4.78, 5) is 37.1. The molecule has 1 fully saturated rings. The van der Waals surface area contributed by atoms with Gasteiger partial charge in [0.25, 0.3) is 0 Å². The molecule has 7 nitrogen and oxygen atoms in total. The molecule has 1 heterocycles. The molecule has 35 heavy (non-hydrogen) atoms. The topological polar surface area (TPSA) is 124 Å². The number of hydrogen-bond acceptors (Lipinski definition) is 6.